The van der Waals surface area contributed by atoms with Crippen LogP contribution >= 0.6 is 24.0 Å². The summed E-state index contributed by atoms with van der Waals surface area (Å²) in [7, 11) is -3.04. The molecule has 166 valence electrons. The Bertz CT molecular complexity index is 945. The Balaban J connectivity index is 0.00000450. The molecule has 0 saturated heterocycles. The molecule has 0 amide bonds. The zero-order chi connectivity index (χ0) is 21.5. The van der Waals surface area contributed by atoms with Crippen molar-refractivity contribution in [1.82, 2.24) is 10.6 Å². The summed E-state index contributed by atoms with van der Waals surface area (Å²) in [5, 5.41) is 6.54. The second kappa shape index (κ2) is 11.6. The number of benzene rings is 2. The number of sulfone groups is 1. The molecule has 8 heteroatoms. The van der Waals surface area contributed by atoms with Crippen LogP contribution in [0.2, 0.25) is 0 Å². The Morgan fingerprint density at radius 2 is 1.70 bits per heavy atom. The number of nitrogens with one attached hydrogen (secondary N) is 2. The molecule has 0 aliphatic heterocycles. The Kier molecular flexibility index (Phi) is 10.2. The zero-order valence-corrected chi connectivity index (χ0v) is 21.1. The van der Waals surface area contributed by atoms with Crippen LogP contribution in [0, 0.1) is 5.82 Å². The first-order valence-electron chi connectivity index (χ1n) is 9.63. The minimum atomic E-state index is -3.04. The van der Waals surface area contributed by atoms with Gasteiger partial charge in [-0.05, 0) is 35.7 Å². The Morgan fingerprint density at radius 3 is 2.27 bits per heavy atom. The number of nitrogens with zero attached hydrogens (tertiary/aromatic N) is 1. The van der Waals surface area contributed by atoms with Gasteiger partial charge >= 0.3 is 0 Å². The monoisotopic (exact) mass is 547 g/mol. The molecule has 30 heavy (non-hydrogen) atoms. The van der Waals surface area contributed by atoms with Crippen molar-refractivity contribution in [2.75, 3.05) is 19.3 Å². The van der Waals surface area contributed by atoms with Crippen LogP contribution in [0.25, 0.3) is 0 Å². The second-order valence-corrected chi connectivity index (χ2v) is 9.97. The summed E-state index contributed by atoms with van der Waals surface area (Å²) < 4.78 is 36.3. The van der Waals surface area contributed by atoms with E-state index in [1.54, 1.807) is 12.1 Å². The lowest BCUT2D eigenvalue weighted by Gasteiger charge is -2.27. The highest BCUT2D eigenvalue weighted by atomic mass is 127. The van der Waals surface area contributed by atoms with Crippen LogP contribution in [0.4, 0.5) is 4.39 Å². The van der Waals surface area contributed by atoms with E-state index in [4.69, 9.17) is 0 Å². The quantitative estimate of drug-likeness (QED) is 0.298. The van der Waals surface area contributed by atoms with Crippen molar-refractivity contribution < 1.29 is 12.8 Å². The molecular formula is C22H31FIN3O2S. The van der Waals surface area contributed by atoms with Gasteiger partial charge in [0, 0.05) is 24.8 Å². The van der Waals surface area contributed by atoms with Crippen molar-refractivity contribution in [1.29, 1.82) is 0 Å². The van der Waals surface area contributed by atoms with Crippen LogP contribution in [0.1, 0.15) is 37.5 Å². The molecule has 0 fully saturated rings. The molecular weight excluding hydrogens is 516 g/mol. The van der Waals surface area contributed by atoms with E-state index in [-0.39, 0.29) is 41.0 Å². The van der Waals surface area contributed by atoms with Crippen molar-refractivity contribution in [2.24, 2.45) is 4.99 Å². The molecule has 0 aliphatic rings. The van der Waals surface area contributed by atoms with Crippen molar-refractivity contribution in [2.45, 2.75) is 38.5 Å². The molecule has 2 aromatic rings. The number of hydrogen-bond donors (Lipinski definition) is 2. The predicted molar refractivity (Wildman–Crippen MR) is 133 cm³/mol. The lowest BCUT2D eigenvalue weighted by molar-refractivity contribution is 0.503. The first-order chi connectivity index (χ1) is 13.6. The maximum Gasteiger partial charge on any atom is 0.191 e. The number of halogens is 2. The van der Waals surface area contributed by atoms with Gasteiger partial charge < -0.3 is 10.6 Å². The number of hydrogen-bond acceptors (Lipinski definition) is 3. The summed E-state index contributed by atoms with van der Waals surface area (Å²) in [4.78, 5) is 4.60. The normalized spacial score (nSPS) is 12.2. The van der Waals surface area contributed by atoms with E-state index >= 15 is 0 Å². The molecule has 2 N–H and O–H groups in total. The van der Waals surface area contributed by atoms with Gasteiger partial charge in [0.1, 0.15) is 5.82 Å². The van der Waals surface area contributed by atoms with E-state index in [1.807, 2.05) is 37.3 Å². The van der Waals surface area contributed by atoms with E-state index in [1.165, 1.54) is 12.3 Å². The van der Waals surface area contributed by atoms with Crippen LogP contribution in [0.5, 0.6) is 0 Å². The summed E-state index contributed by atoms with van der Waals surface area (Å²) in [6.45, 7) is 7.89. The maximum atomic E-state index is 13.6. The average Bonchev–Trinajstić information content (AvgIpc) is 2.64. The zero-order valence-electron chi connectivity index (χ0n) is 17.9. The van der Waals surface area contributed by atoms with E-state index in [0.717, 1.165) is 23.2 Å². The first kappa shape index (κ1) is 26.4. The van der Waals surface area contributed by atoms with Gasteiger partial charge in [-0.15, -0.1) is 24.0 Å². The fourth-order valence-corrected chi connectivity index (χ4v) is 3.67. The highest BCUT2D eigenvalue weighted by Gasteiger charge is 2.21. The summed E-state index contributed by atoms with van der Waals surface area (Å²) in [6, 6.07) is 14.1. The third-order valence-corrected chi connectivity index (χ3v) is 5.38. The van der Waals surface area contributed by atoms with E-state index < -0.39 is 9.84 Å². The van der Waals surface area contributed by atoms with E-state index in [2.05, 4.69) is 29.5 Å². The van der Waals surface area contributed by atoms with Gasteiger partial charge in [-0.25, -0.2) is 17.8 Å². The molecule has 2 aromatic carbocycles. The van der Waals surface area contributed by atoms with Crippen LogP contribution in [-0.2, 0) is 27.5 Å². The molecule has 0 bridgehead atoms. The van der Waals surface area contributed by atoms with Gasteiger partial charge in [0.15, 0.2) is 15.8 Å². The maximum absolute atomic E-state index is 13.6. The molecule has 0 unspecified atom stereocenters. The highest BCUT2D eigenvalue weighted by molar-refractivity contribution is 14.0. The predicted octanol–water partition coefficient (Wildman–Crippen LogP) is 4.02. The second-order valence-electron chi connectivity index (χ2n) is 7.83. The van der Waals surface area contributed by atoms with E-state index in [9.17, 15) is 12.8 Å². The molecule has 0 spiro atoms. The molecule has 0 heterocycles. The minimum Gasteiger partial charge on any atom is -0.357 e. The summed E-state index contributed by atoms with van der Waals surface area (Å²) in [6.07, 6.45) is 1.23. The van der Waals surface area contributed by atoms with Crippen LogP contribution in [0.3, 0.4) is 0 Å². The molecule has 0 saturated carbocycles. The third kappa shape index (κ3) is 8.99. The summed E-state index contributed by atoms with van der Waals surface area (Å²) in [5.41, 5.74) is 2.40. The summed E-state index contributed by atoms with van der Waals surface area (Å²) >= 11 is 0. The van der Waals surface area contributed by atoms with Crippen molar-refractivity contribution in [3.05, 3.63) is 71.0 Å². The minimum absolute atomic E-state index is 0. The third-order valence-electron chi connectivity index (χ3n) is 4.52. The Hall–Kier alpha value is -1.68. The summed E-state index contributed by atoms with van der Waals surface area (Å²) in [5.74, 6) is 0.475. The Labute approximate surface area is 196 Å². The number of rotatable bonds is 8. The van der Waals surface area contributed by atoms with Crippen molar-refractivity contribution in [3.63, 3.8) is 0 Å². The van der Waals surface area contributed by atoms with Gasteiger partial charge in [-0.1, -0.05) is 50.2 Å². The molecule has 0 aromatic heterocycles. The fourth-order valence-electron chi connectivity index (χ4n) is 2.87. The molecule has 0 atom stereocenters. The largest absolute Gasteiger partial charge is 0.357 e. The van der Waals surface area contributed by atoms with Crippen molar-refractivity contribution >= 4 is 39.8 Å². The van der Waals surface area contributed by atoms with Gasteiger partial charge in [0.05, 0.1) is 12.3 Å². The lowest BCUT2D eigenvalue weighted by atomic mass is 9.84. The van der Waals surface area contributed by atoms with Crippen LogP contribution in [-0.4, -0.2) is 33.7 Å². The first-order valence-corrected chi connectivity index (χ1v) is 11.7. The highest BCUT2D eigenvalue weighted by Crippen LogP contribution is 2.22. The molecule has 0 radical (unpaired) electrons. The topological polar surface area (TPSA) is 70.6 Å². The number of guanidine groups is 1. The number of aliphatic imine (C=N–C) groups is 1. The van der Waals surface area contributed by atoms with Gasteiger partial charge in [-0.2, -0.15) is 0 Å². The van der Waals surface area contributed by atoms with Gasteiger partial charge in [0.2, 0.25) is 0 Å². The smallest absolute Gasteiger partial charge is 0.191 e. The molecule has 0 aliphatic carbocycles. The lowest BCUT2D eigenvalue weighted by Crippen LogP contribution is -2.43. The SMILES string of the molecule is CCNC(=NCc1ccc(CS(C)(=O)=O)cc1)NCC(C)(C)c1cccc(F)c1.I. The van der Waals surface area contributed by atoms with Gasteiger partial charge in [-0.3, -0.25) is 0 Å². The standard InChI is InChI=1S/C22H30FN3O2S.HI/c1-5-24-21(26-16-22(2,3)19-7-6-8-20(23)13-19)25-14-17-9-11-18(12-10-17)15-29(4,27)28;/h6-13H,5,14-16H2,1-4H3,(H2,24,25,26);1H. The molecule has 5 nitrogen and oxygen atoms in total. The Morgan fingerprint density at radius 1 is 1.07 bits per heavy atom. The average molecular weight is 547 g/mol. The van der Waals surface area contributed by atoms with Crippen molar-refractivity contribution in [3.8, 4) is 0 Å². The van der Waals surface area contributed by atoms with Crippen LogP contribution in [0.15, 0.2) is 53.5 Å². The molecule has 2 rings (SSSR count). The fraction of sp³-hybridized carbons (Fsp3) is 0.409. The van der Waals surface area contributed by atoms with Crippen LogP contribution < -0.4 is 10.6 Å². The van der Waals surface area contributed by atoms with E-state index in [0.29, 0.717) is 19.0 Å². The van der Waals surface area contributed by atoms with Gasteiger partial charge in [0.25, 0.3) is 0 Å².